The third-order valence-electron chi connectivity index (χ3n) is 6.04. The summed E-state index contributed by atoms with van der Waals surface area (Å²) in [4.78, 5) is 27.1. The molecule has 1 aromatic carbocycles. The molecule has 27 heavy (non-hydrogen) atoms. The summed E-state index contributed by atoms with van der Waals surface area (Å²) in [5.41, 5.74) is 6.23. The van der Waals surface area contributed by atoms with Crippen LogP contribution in [-0.2, 0) is 0 Å². The minimum Gasteiger partial charge on any atom is -0.477 e. The second kappa shape index (κ2) is 5.97. The number of pyridine rings is 1. The predicted octanol–water partition coefficient (Wildman–Crippen LogP) is 2.43. The van der Waals surface area contributed by atoms with Crippen LogP contribution in [0.1, 0.15) is 35.7 Å². The first-order chi connectivity index (χ1) is 13.0. The monoisotopic (exact) mass is 389 g/mol. The maximum Gasteiger partial charge on any atom is 0.341 e. The Morgan fingerprint density at radius 2 is 2.15 bits per heavy atom. The van der Waals surface area contributed by atoms with Gasteiger partial charge in [0, 0.05) is 30.6 Å². The summed E-state index contributed by atoms with van der Waals surface area (Å²) >= 11 is 1.57. The van der Waals surface area contributed by atoms with E-state index in [0.717, 1.165) is 36.5 Å². The van der Waals surface area contributed by atoms with Gasteiger partial charge < -0.3 is 20.3 Å². The molecule has 1 saturated carbocycles. The van der Waals surface area contributed by atoms with E-state index in [1.807, 2.05) is 4.57 Å². The van der Waals surface area contributed by atoms with Gasteiger partial charge in [-0.15, -0.1) is 11.8 Å². The molecule has 0 bridgehead atoms. The Balaban J connectivity index is 1.81. The average molecular weight is 389 g/mol. The summed E-state index contributed by atoms with van der Waals surface area (Å²) in [6.45, 7) is 1.34. The van der Waals surface area contributed by atoms with Crippen LogP contribution in [-0.4, -0.2) is 40.5 Å². The molecule has 2 fully saturated rings. The molecule has 142 valence electrons. The third kappa shape index (κ3) is 2.42. The number of nitrogens with zero attached hydrogens (tertiary/aromatic N) is 2. The molecule has 3 N–H and O–H groups in total. The molecule has 3 aliphatic rings. The summed E-state index contributed by atoms with van der Waals surface area (Å²) in [6, 6.07) is 1.62. The SMILES string of the molecule is NC[C@@H]1CCN2c3c(F)cc4c(=O)c(C(=O)O)cn(C5CC5)c4c3SC[C@H]12. The van der Waals surface area contributed by atoms with E-state index in [0.29, 0.717) is 23.7 Å². The maximum atomic E-state index is 15.1. The Morgan fingerprint density at radius 3 is 2.81 bits per heavy atom. The number of hydrogen-bond acceptors (Lipinski definition) is 5. The van der Waals surface area contributed by atoms with Crippen LogP contribution in [0.5, 0.6) is 0 Å². The molecule has 0 radical (unpaired) electrons. The number of fused-ring (bicyclic) bond motifs is 5. The van der Waals surface area contributed by atoms with Crippen molar-refractivity contribution in [1.29, 1.82) is 0 Å². The number of carbonyl (C=O) groups is 1. The van der Waals surface area contributed by atoms with E-state index in [4.69, 9.17) is 5.73 Å². The van der Waals surface area contributed by atoms with Crippen LogP contribution in [0.4, 0.5) is 10.1 Å². The summed E-state index contributed by atoms with van der Waals surface area (Å²) in [5, 5.41) is 9.57. The van der Waals surface area contributed by atoms with Gasteiger partial charge in [-0.05, 0) is 37.8 Å². The van der Waals surface area contributed by atoms with Crippen molar-refractivity contribution < 1.29 is 14.3 Å². The standard InChI is InChI=1S/C19H20FN3O3S/c20-13-5-11-15(23(10-1-2-10)7-12(17(11)24)19(25)26)18-16(13)22-4-3-9(6-21)14(22)8-27-18/h5,7,9-10,14H,1-4,6,8,21H2,(H,25,26)/t9-,14+/m0/s1. The number of benzene rings is 1. The van der Waals surface area contributed by atoms with Crippen LogP contribution in [0.25, 0.3) is 10.9 Å². The molecule has 2 atom stereocenters. The van der Waals surface area contributed by atoms with Gasteiger partial charge in [0.05, 0.1) is 21.5 Å². The van der Waals surface area contributed by atoms with Crippen LogP contribution < -0.4 is 16.1 Å². The van der Waals surface area contributed by atoms with Gasteiger partial charge in [0.25, 0.3) is 0 Å². The Hall–Kier alpha value is -2.06. The zero-order valence-electron chi connectivity index (χ0n) is 14.7. The molecular weight excluding hydrogens is 369 g/mol. The zero-order chi connectivity index (χ0) is 18.9. The van der Waals surface area contributed by atoms with E-state index in [1.165, 1.54) is 12.3 Å². The molecule has 2 aliphatic heterocycles. The normalized spacial score (nSPS) is 24.1. The second-order valence-electron chi connectivity index (χ2n) is 7.60. The number of aromatic nitrogens is 1. The van der Waals surface area contributed by atoms with Gasteiger partial charge >= 0.3 is 5.97 Å². The number of nitrogens with two attached hydrogens (primary N) is 1. The molecule has 8 heteroatoms. The van der Waals surface area contributed by atoms with Crippen LogP contribution in [0, 0.1) is 11.7 Å². The van der Waals surface area contributed by atoms with Gasteiger partial charge in [0.2, 0.25) is 5.43 Å². The highest BCUT2D eigenvalue weighted by molar-refractivity contribution is 7.99. The van der Waals surface area contributed by atoms with Crippen LogP contribution >= 0.6 is 11.8 Å². The highest BCUT2D eigenvalue weighted by Gasteiger charge is 2.41. The van der Waals surface area contributed by atoms with Crippen molar-refractivity contribution >= 4 is 34.3 Å². The van der Waals surface area contributed by atoms with Gasteiger partial charge in [-0.1, -0.05) is 0 Å². The Morgan fingerprint density at radius 1 is 1.37 bits per heavy atom. The quantitative estimate of drug-likeness (QED) is 0.838. The number of thioether (sulfide) groups is 1. The minimum atomic E-state index is -1.27. The first-order valence-corrected chi connectivity index (χ1v) is 10.2. The Labute approximate surface area is 159 Å². The van der Waals surface area contributed by atoms with Crippen molar-refractivity contribution in [3.8, 4) is 0 Å². The summed E-state index contributed by atoms with van der Waals surface area (Å²) in [5.74, 6) is -0.574. The van der Waals surface area contributed by atoms with Crippen molar-refractivity contribution in [3.05, 3.63) is 33.9 Å². The summed E-state index contributed by atoms with van der Waals surface area (Å²) in [7, 11) is 0. The molecule has 0 amide bonds. The third-order valence-corrected chi connectivity index (χ3v) is 7.23. The fourth-order valence-corrected chi connectivity index (χ4v) is 6.00. The van der Waals surface area contributed by atoms with E-state index in [1.54, 1.807) is 11.8 Å². The lowest BCUT2D eigenvalue weighted by Crippen LogP contribution is -2.40. The molecule has 3 heterocycles. The lowest BCUT2D eigenvalue weighted by atomic mass is 10.0. The van der Waals surface area contributed by atoms with E-state index in [-0.39, 0.29) is 23.0 Å². The number of hydrogen-bond donors (Lipinski definition) is 2. The van der Waals surface area contributed by atoms with E-state index >= 15 is 4.39 Å². The molecule has 1 aliphatic carbocycles. The van der Waals surface area contributed by atoms with Crippen LogP contribution in [0.3, 0.4) is 0 Å². The fourth-order valence-electron chi connectivity index (χ4n) is 4.51. The largest absolute Gasteiger partial charge is 0.477 e. The van der Waals surface area contributed by atoms with Crippen molar-refractivity contribution in [2.75, 3.05) is 23.7 Å². The summed E-state index contributed by atoms with van der Waals surface area (Å²) in [6.07, 6.45) is 4.26. The molecular formula is C19H20FN3O3S. The Bertz CT molecular complexity index is 1030. The summed E-state index contributed by atoms with van der Waals surface area (Å²) < 4.78 is 17.0. The molecule has 5 rings (SSSR count). The predicted molar refractivity (Wildman–Crippen MR) is 102 cm³/mol. The topological polar surface area (TPSA) is 88.6 Å². The number of halogens is 1. The van der Waals surface area contributed by atoms with E-state index in [9.17, 15) is 14.7 Å². The zero-order valence-corrected chi connectivity index (χ0v) is 15.5. The fraction of sp³-hybridized carbons (Fsp3) is 0.474. The first-order valence-electron chi connectivity index (χ1n) is 9.25. The lowest BCUT2D eigenvalue weighted by Gasteiger charge is -2.36. The second-order valence-corrected chi connectivity index (χ2v) is 8.63. The number of anilines is 1. The number of rotatable bonds is 3. The van der Waals surface area contributed by atoms with Crippen molar-refractivity contribution in [2.45, 2.75) is 36.2 Å². The van der Waals surface area contributed by atoms with E-state index in [2.05, 4.69) is 4.90 Å². The Kier molecular flexibility index (Phi) is 3.77. The average Bonchev–Trinajstić information content (AvgIpc) is 3.40. The minimum absolute atomic E-state index is 0.165. The van der Waals surface area contributed by atoms with E-state index < -0.39 is 17.2 Å². The van der Waals surface area contributed by atoms with Gasteiger partial charge in [-0.25, -0.2) is 9.18 Å². The van der Waals surface area contributed by atoms with Gasteiger partial charge in [0.1, 0.15) is 11.4 Å². The van der Waals surface area contributed by atoms with Crippen molar-refractivity contribution in [3.63, 3.8) is 0 Å². The number of carboxylic acid groups (broad SMARTS) is 1. The van der Waals surface area contributed by atoms with Crippen molar-refractivity contribution in [2.24, 2.45) is 11.7 Å². The highest BCUT2D eigenvalue weighted by Crippen LogP contribution is 2.49. The molecule has 0 unspecified atom stereocenters. The van der Waals surface area contributed by atoms with Gasteiger partial charge in [0.15, 0.2) is 0 Å². The smallest absolute Gasteiger partial charge is 0.341 e. The molecule has 1 aromatic heterocycles. The van der Waals surface area contributed by atoms with Gasteiger partial charge in [-0.3, -0.25) is 4.79 Å². The number of aromatic carboxylic acids is 1. The first kappa shape index (κ1) is 17.1. The molecule has 0 spiro atoms. The molecule has 1 saturated heterocycles. The molecule has 6 nitrogen and oxygen atoms in total. The van der Waals surface area contributed by atoms with Crippen LogP contribution in [0.2, 0.25) is 0 Å². The van der Waals surface area contributed by atoms with Gasteiger partial charge in [-0.2, -0.15) is 0 Å². The maximum absolute atomic E-state index is 15.1. The van der Waals surface area contributed by atoms with Crippen LogP contribution in [0.15, 0.2) is 22.0 Å². The van der Waals surface area contributed by atoms with Crippen molar-refractivity contribution in [1.82, 2.24) is 4.57 Å². The number of carboxylic acids is 1. The lowest BCUT2D eigenvalue weighted by molar-refractivity contribution is 0.0695. The highest BCUT2D eigenvalue weighted by atomic mass is 32.2. The molecule has 2 aromatic rings.